The smallest absolute Gasteiger partial charge is 0.198 e. The summed E-state index contributed by atoms with van der Waals surface area (Å²) in [6.07, 6.45) is 5.47. The topological polar surface area (TPSA) is 42.2 Å². The molecule has 2 saturated heterocycles. The van der Waals surface area contributed by atoms with Gasteiger partial charge in [-0.1, -0.05) is 11.6 Å². The van der Waals surface area contributed by atoms with E-state index in [1.165, 1.54) is 18.4 Å². The number of ketones is 1. The highest BCUT2D eigenvalue weighted by Gasteiger charge is 2.34. The Bertz CT molecular complexity index is 676. The maximum absolute atomic E-state index is 12.5. The van der Waals surface area contributed by atoms with Gasteiger partial charge in [-0.15, -0.1) is 0 Å². The summed E-state index contributed by atoms with van der Waals surface area (Å²) < 4.78 is 5.73. The number of nitrogens with one attached hydrogen (secondary N) is 1. The number of rotatable bonds is 3. The molecule has 1 aromatic heterocycles. The third-order valence-corrected chi connectivity index (χ3v) is 4.99. The van der Waals surface area contributed by atoms with Gasteiger partial charge in [-0.3, -0.25) is 4.79 Å². The largest absolute Gasteiger partial charge is 0.453 e. The van der Waals surface area contributed by atoms with Crippen LogP contribution < -0.4 is 5.32 Å². The molecule has 0 saturated carbocycles. The van der Waals surface area contributed by atoms with E-state index in [0.717, 1.165) is 23.8 Å². The Morgan fingerprint density at radius 3 is 2.76 bits per heavy atom. The number of benzene rings is 1. The standard InChI is InChI=1S/C18H21NO2/c1-11-2-5-17-13(6-11)10-18(21-17)16(20)9-12-7-14-3-4-15(8-12)19-14/h2,5-6,10,12,14-15,19H,3-4,7-9H2,1H3. The highest BCUT2D eigenvalue weighted by atomic mass is 16.3. The summed E-state index contributed by atoms with van der Waals surface area (Å²) >= 11 is 0. The third-order valence-electron chi connectivity index (χ3n) is 4.99. The lowest BCUT2D eigenvalue weighted by molar-refractivity contribution is 0.0920. The first-order valence-corrected chi connectivity index (χ1v) is 7.97. The molecule has 3 heterocycles. The highest BCUT2D eigenvalue weighted by Crippen LogP contribution is 2.33. The molecule has 2 unspecified atom stereocenters. The summed E-state index contributed by atoms with van der Waals surface area (Å²) in [4.78, 5) is 12.5. The predicted molar refractivity (Wildman–Crippen MR) is 82.6 cm³/mol. The highest BCUT2D eigenvalue weighted by molar-refractivity contribution is 5.97. The fourth-order valence-corrected chi connectivity index (χ4v) is 4.00. The first-order chi connectivity index (χ1) is 10.2. The average molecular weight is 283 g/mol. The number of aryl methyl sites for hydroxylation is 1. The normalized spacial score (nSPS) is 28.1. The minimum absolute atomic E-state index is 0.162. The molecule has 3 heteroatoms. The summed E-state index contributed by atoms with van der Waals surface area (Å²) in [5, 5.41) is 4.66. The van der Waals surface area contributed by atoms with Gasteiger partial charge in [0, 0.05) is 23.9 Å². The van der Waals surface area contributed by atoms with Gasteiger partial charge in [0.25, 0.3) is 0 Å². The molecule has 2 bridgehead atoms. The van der Waals surface area contributed by atoms with Crippen molar-refractivity contribution in [3.8, 4) is 0 Å². The van der Waals surface area contributed by atoms with Crippen molar-refractivity contribution in [3.63, 3.8) is 0 Å². The van der Waals surface area contributed by atoms with Crippen LogP contribution in [0.2, 0.25) is 0 Å². The maximum atomic E-state index is 12.5. The maximum Gasteiger partial charge on any atom is 0.198 e. The van der Waals surface area contributed by atoms with E-state index in [0.29, 0.717) is 30.2 Å². The number of Topliss-reactive ketones (excluding diaryl/α,β-unsaturated/α-hetero) is 1. The minimum atomic E-state index is 0.162. The molecule has 1 aromatic carbocycles. The van der Waals surface area contributed by atoms with Crippen molar-refractivity contribution in [2.75, 3.05) is 0 Å². The molecule has 0 aliphatic carbocycles. The SMILES string of the molecule is Cc1ccc2oc(C(=O)CC3CC4CCC(C3)N4)cc2c1. The van der Waals surface area contributed by atoms with Crippen LogP contribution >= 0.6 is 0 Å². The quantitative estimate of drug-likeness (QED) is 0.870. The molecule has 2 fully saturated rings. The van der Waals surface area contributed by atoms with Crippen LogP contribution in [-0.4, -0.2) is 17.9 Å². The fourth-order valence-electron chi connectivity index (χ4n) is 4.00. The lowest BCUT2D eigenvalue weighted by Gasteiger charge is -2.28. The van der Waals surface area contributed by atoms with E-state index in [4.69, 9.17) is 4.42 Å². The zero-order valence-corrected chi connectivity index (χ0v) is 12.4. The summed E-state index contributed by atoms with van der Waals surface area (Å²) in [7, 11) is 0. The van der Waals surface area contributed by atoms with E-state index in [-0.39, 0.29) is 5.78 Å². The van der Waals surface area contributed by atoms with Crippen LogP contribution in [0.15, 0.2) is 28.7 Å². The monoisotopic (exact) mass is 283 g/mol. The number of hydrogen-bond donors (Lipinski definition) is 1. The summed E-state index contributed by atoms with van der Waals surface area (Å²) in [5.74, 6) is 1.21. The summed E-state index contributed by atoms with van der Waals surface area (Å²) in [6.45, 7) is 2.05. The van der Waals surface area contributed by atoms with Gasteiger partial charge in [-0.25, -0.2) is 0 Å². The van der Waals surface area contributed by atoms with Crippen LogP contribution in [0.5, 0.6) is 0 Å². The Labute approximate surface area is 124 Å². The lowest BCUT2D eigenvalue weighted by Crippen LogP contribution is -2.38. The number of hydrogen-bond acceptors (Lipinski definition) is 3. The average Bonchev–Trinajstić information content (AvgIpc) is 3.02. The molecule has 2 atom stereocenters. The first kappa shape index (κ1) is 13.1. The number of furan rings is 1. The minimum Gasteiger partial charge on any atom is -0.453 e. The molecule has 2 aliphatic rings. The molecule has 0 amide bonds. The first-order valence-electron chi connectivity index (χ1n) is 7.97. The van der Waals surface area contributed by atoms with Crippen LogP contribution in [0.4, 0.5) is 0 Å². The molecule has 4 rings (SSSR count). The Morgan fingerprint density at radius 1 is 1.24 bits per heavy atom. The molecule has 0 spiro atoms. The zero-order valence-electron chi connectivity index (χ0n) is 12.4. The molecule has 110 valence electrons. The van der Waals surface area contributed by atoms with Gasteiger partial charge >= 0.3 is 0 Å². The molecule has 21 heavy (non-hydrogen) atoms. The van der Waals surface area contributed by atoms with Crippen molar-refractivity contribution in [3.05, 3.63) is 35.6 Å². The van der Waals surface area contributed by atoms with E-state index >= 15 is 0 Å². The lowest BCUT2D eigenvalue weighted by atomic mass is 9.88. The van der Waals surface area contributed by atoms with E-state index < -0.39 is 0 Å². The second-order valence-electron chi connectivity index (χ2n) is 6.75. The molecular formula is C18H21NO2. The van der Waals surface area contributed by atoms with E-state index in [2.05, 4.69) is 18.3 Å². The van der Waals surface area contributed by atoms with Crippen molar-refractivity contribution in [1.29, 1.82) is 0 Å². The van der Waals surface area contributed by atoms with Crippen LogP contribution in [0.1, 0.15) is 48.2 Å². The number of carbonyl (C=O) groups excluding carboxylic acids is 1. The van der Waals surface area contributed by atoms with Crippen LogP contribution in [0.25, 0.3) is 11.0 Å². The van der Waals surface area contributed by atoms with Crippen molar-refractivity contribution in [2.24, 2.45) is 5.92 Å². The summed E-state index contributed by atoms with van der Waals surface area (Å²) in [5.41, 5.74) is 2.01. The van der Waals surface area contributed by atoms with Gasteiger partial charge < -0.3 is 9.73 Å². The predicted octanol–water partition coefficient (Wildman–Crippen LogP) is 3.84. The Morgan fingerprint density at radius 2 is 2.00 bits per heavy atom. The van der Waals surface area contributed by atoms with Gasteiger partial charge in [0.1, 0.15) is 5.58 Å². The third kappa shape index (κ3) is 2.51. The van der Waals surface area contributed by atoms with Crippen molar-refractivity contribution >= 4 is 16.8 Å². The van der Waals surface area contributed by atoms with E-state index in [1.54, 1.807) is 0 Å². The Balaban J connectivity index is 1.50. The number of carbonyl (C=O) groups is 1. The van der Waals surface area contributed by atoms with Gasteiger partial charge in [-0.2, -0.15) is 0 Å². The van der Waals surface area contributed by atoms with Crippen LogP contribution in [-0.2, 0) is 0 Å². The molecule has 2 aliphatic heterocycles. The Kier molecular flexibility index (Phi) is 3.11. The molecule has 3 nitrogen and oxygen atoms in total. The van der Waals surface area contributed by atoms with Crippen molar-refractivity contribution < 1.29 is 9.21 Å². The molecule has 0 radical (unpaired) electrons. The van der Waals surface area contributed by atoms with Gasteiger partial charge in [-0.05, 0) is 56.7 Å². The van der Waals surface area contributed by atoms with E-state index in [9.17, 15) is 4.79 Å². The van der Waals surface area contributed by atoms with Gasteiger partial charge in [0.2, 0.25) is 0 Å². The zero-order chi connectivity index (χ0) is 14.4. The molecular weight excluding hydrogens is 262 g/mol. The van der Waals surface area contributed by atoms with Gasteiger partial charge in [0.05, 0.1) is 0 Å². The van der Waals surface area contributed by atoms with E-state index in [1.807, 2.05) is 18.2 Å². The summed E-state index contributed by atoms with van der Waals surface area (Å²) in [6, 6.07) is 9.22. The van der Waals surface area contributed by atoms with Crippen molar-refractivity contribution in [1.82, 2.24) is 5.32 Å². The number of fused-ring (bicyclic) bond motifs is 3. The second kappa shape index (κ2) is 4.99. The number of piperidine rings is 1. The van der Waals surface area contributed by atoms with Crippen LogP contribution in [0, 0.1) is 12.8 Å². The fraction of sp³-hybridized carbons (Fsp3) is 0.500. The second-order valence-corrected chi connectivity index (χ2v) is 6.75. The molecule has 2 aromatic rings. The molecule has 1 N–H and O–H groups in total. The van der Waals surface area contributed by atoms with Crippen molar-refractivity contribution in [2.45, 2.75) is 51.1 Å². The Hall–Kier alpha value is -1.61. The van der Waals surface area contributed by atoms with Crippen LogP contribution in [0.3, 0.4) is 0 Å². The van der Waals surface area contributed by atoms with Gasteiger partial charge in [0.15, 0.2) is 11.5 Å².